The Kier molecular flexibility index (Phi) is 8.08. The molecule has 2 rings (SSSR count). The summed E-state index contributed by atoms with van der Waals surface area (Å²) in [4.78, 5) is 14.2. The Hall–Kier alpha value is -2.78. The van der Waals surface area contributed by atoms with E-state index in [-0.39, 0.29) is 29.8 Å². The molecule has 0 saturated carbocycles. The van der Waals surface area contributed by atoms with E-state index in [0.29, 0.717) is 17.2 Å². The molecule has 1 unspecified atom stereocenters. The molecule has 0 fully saturated rings. The maximum absolute atomic E-state index is 12.6. The third kappa shape index (κ3) is 5.43. The highest BCUT2D eigenvalue weighted by atomic mass is 32.2. The predicted octanol–water partition coefficient (Wildman–Crippen LogP) is 2.60. The van der Waals surface area contributed by atoms with Crippen molar-refractivity contribution >= 4 is 15.9 Å². The Morgan fingerprint density at radius 1 is 1.00 bits per heavy atom. The van der Waals surface area contributed by atoms with Crippen molar-refractivity contribution in [2.75, 3.05) is 34.9 Å². The van der Waals surface area contributed by atoms with E-state index in [1.165, 1.54) is 32.4 Å². The Morgan fingerprint density at radius 3 is 2.27 bits per heavy atom. The van der Waals surface area contributed by atoms with Gasteiger partial charge >= 0.3 is 0 Å². The van der Waals surface area contributed by atoms with Gasteiger partial charge in [-0.25, -0.2) is 13.1 Å². The number of nitrogens with one attached hydrogen (secondary N) is 1. The molecule has 0 aliphatic rings. The monoisotopic (exact) mass is 436 g/mol. The van der Waals surface area contributed by atoms with Gasteiger partial charge in [-0.3, -0.25) is 4.79 Å². The summed E-state index contributed by atoms with van der Waals surface area (Å²) >= 11 is 0. The first-order valence-corrected chi connectivity index (χ1v) is 10.8. The second-order valence-corrected chi connectivity index (χ2v) is 8.35. The molecular weight excluding hydrogens is 408 g/mol. The number of amides is 1. The van der Waals surface area contributed by atoms with E-state index >= 15 is 0 Å². The van der Waals surface area contributed by atoms with Gasteiger partial charge in [0.15, 0.2) is 11.5 Å². The van der Waals surface area contributed by atoms with Gasteiger partial charge in [0.2, 0.25) is 15.9 Å². The van der Waals surface area contributed by atoms with Crippen LogP contribution in [0.2, 0.25) is 0 Å². The van der Waals surface area contributed by atoms with E-state index in [2.05, 4.69) is 4.72 Å². The van der Waals surface area contributed by atoms with Crippen LogP contribution in [0.1, 0.15) is 24.9 Å². The topological polar surface area (TPSA) is 94.2 Å². The van der Waals surface area contributed by atoms with Crippen LogP contribution < -0.4 is 18.9 Å². The molecule has 1 N–H and O–H groups in total. The summed E-state index contributed by atoms with van der Waals surface area (Å²) in [5.41, 5.74) is 0.877. The standard InChI is InChI=1S/C21H28N2O6S/c1-15(17-8-6-7-9-18(17)27-3)23(2)21(24)12-13-22-30(25,26)16-10-11-19(28-4)20(14-16)29-5/h6-11,14-15,22H,12-13H2,1-5H3. The molecule has 0 spiro atoms. The van der Waals surface area contributed by atoms with Crippen LogP contribution in [0.3, 0.4) is 0 Å². The Bertz CT molecular complexity index is 977. The number of carbonyl (C=O) groups is 1. The van der Waals surface area contributed by atoms with Crippen LogP contribution in [0, 0.1) is 0 Å². The van der Waals surface area contributed by atoms with Crippen molar-refractivity contribution in [3.8, 4) is 17.2 Å². The lowest BCUT2D eigenvalue weighted by Gasteiger charge is -2.26. The van der Waals surface area contributed by atoms with E-state index < -0.39 is 10.0 Å². The molecule has 0 saturated heterocycles. The fraction of sp³-hybridized carbons (Fsp3) is 0.381. The number of para-hydroxylation sites is 1. The molecule has 164 valence electrons. The number of hydrogen-bond donors (Lipinski definition) is 1. The van der Waals surface area contributed by atoms with Gasteiger partial charge in [0.25, 0.3) is 0 Å². The normalized spacial score (nSPS) is 12.2. The first kappa shape index (κ1) is 23.5. The second kappa shape index (κ2) is 10.3. The van der Waals surface area contributed by atoms with Gasteiger partial charge in [0.1, 0.15) is 5.75 Å². The number of benzene rings is 2. The zero-order valence-electron chi connectivity index (χ0n) is 17.8. The number of carbonyl (C=O) groups excluding carboxylic acids is 1. The minimum absolute atomic E-state index is 0.0164. The Balaban J connectivity index is 2.00. The summed E-state index contributed by atoms with van der Waals surface area (Å²) in [7, 11) is 2.36. The highest BCUT2D eigenvalue weighted by Gasteiger charge is 2.21. The highest BCUT2D eigenvalue weighted by molar-refractivity contribution is 7.89. The summed E-state index contributed by atoms with van der Waals surface area (Å²) < 4.78 is 43.2. The minimum atomic E-state index is -3.80. The summed E-state index contributed by atoms with van der Waals surface area (Å²) in [5.74, 6) is 1.24. The molecule has 1 amide bonds. The lowest BCUT2D eigenvalue weighted by atomic mass is 10.1. The smallest absolute Gasteiger partial charge is 0.240 e. The molecule has 0 radical (unpaired) electrons. The first-order valence-electron chi connectivity index (χ1n) is 9.35. The zero-order valence-corrected chi connectivity index (χ0v) is 18.7. The van der Waals surface area contributed by atoms with E-state index in [9.17, 15) is 13.2 Å². The van der Waals surface area contributed by atoms with Crippen molar-refractivity contribution in [1.29, 1.82) is 0 Å². The van der Waals surface area contributed by atoms with Crippen molar-refractivity contribution in [2.45, 2.75) is 24.3 Å². The van der Waals surface area contributed by atoms with E-state index in [1.807, 2.05) is 31.2 Å². The van der Waals surface area contributed by atoms with Gasteiger partial charge in [-0.05, 0) is 25.1 Å². The van der Waals surface area contributed by atoms with Crippen LogP contribution in [0.15, 0.2) is 47.4 Å². The van der Waals surface area contributed by atoms with Crippen LogP contribution in [0.4, 0.5) is 0 Å². The lowest BCUT2D eigenvalue weighted by molar-refractivity contribution is -0.131. The molecule has 0 bridgehead atoms. The van der Waals surface area contributed by atoms with Crippen molar-refractivity contribution in [3.63, 3.8) is 0 Å². The van der Waals surface area contributed by atoms with Gasteiger partial charge in [-0.2, -0.15) is 0 Å². The van der Waals surface area contributed by atoms with E-state index in [0.717, 1.165) is 5.56 Å². The molecule has 2 aromatic rings. The Morgan fingerprint density at radius 2 is 1.63 bits per heavy atom. The van der Waals surface area contributed by atoms with Crippen molar-refractivity contribution in [1.82, 2.24) is 9.62 Å². The van der Waals surface area contributed by atoms with Crippen molar-refractivity contribution in [3.05, 3.63) is 48.0 Å². The quantitative estimate of drug-likeness (QED) is 0.615. The van der Waals surface area contributed by atoms with Gasteiger partial charge < -0.3 is 19.1 Å². The summed E-state index contributed by atoms with van der Waals surface area (Å²) in [6.45, 7) is 1.86. The predicted molar refractivity (Wildman–Crippen MR) is 114 cm³/mol. The number of hydrogen-bond acceptors (Lipinski definition) is 6. The largest absolute Gasteiger partial charge is 0.496 e. The number of rotatable bonds is 10. The third-order valence-corrected chi connectivity index (χ3v) is 6.32. The maximum Gasteiger partial charge on any atom is 0.240 e. The maximum atomic E-state index is 12.6. The van der Waals surface area contributed by atoms with Crippen LogP contribution in [0.5, 0.6) is 17.2 Å². The molecule has 0 aromatic heterocycles. The molecule has 1 atom stereocenters. The van der Waals surface area contributed by atoms with E-state index in [4.69, 9.17) is 14.2 Å². The van der Waals surface area contributed by atoms with E-state index in [1.54, 1.807) is 19.1 Å². The number of ether oxygens (including phenoxy) is 3. The lowest BCUT2D eigenvalue weighted by Crippen LogP contribution is -2.33. The minimum Gasteiger partial charge on any atom is -0.496 e. The molecule has 9 heteroatoms. The van der Waals surface area contributed by atoms with Gasteiger partial charge in [0.05, 0.1) is 32.3 Å². The average Bonchev–Trinajstić information content (AvgIpc) is 2.77. The van der Waals surface area contributed by atoms with Crippen molar-refractivity contribution < 1.29 is 27.4 Å². The zero-order chi connectivity index (χ0) is 22.3. The molecule has 0 aliphatic heterocycles. The molecule has 2 aromatic carbocycles. The highest BCUT2D eigenvalue weighted by Crippen LogP contribution is 2.30. The van der Waals surface area contributed by atoms with Gasteiger partial charge in [-0.1, -0.05) is 18.2 Å². The van der Waals surface area contributed by atoms with Gasteiger partial charge in [-0.15, -0.1) is 0 Å². The van der Waals surface area contributed by atoms with Gasteiger partial charge in [0, 0.05) is 31.6 Å². The van der Waals surface area contributed by atoms with Crippen LogP contribution in [0.25, 0.3) is 0 Å². The third-order valence-electron chi connectivity index (χ3n) is 4.86. The molecule has 8 nitrogen and oxygen atoms in total. The fourth-order valence-electron chi connectivity index (χ4n) is 2.97. The fourth-order valence-corrected chi connectivity index (χ4v) is 4.02. The molecular formula is C21H28N2O6S. The first-order chi connectivity index (χ1) is 14.2. The summed E-state index contributed by atoms with van der Waals surface area (Å²) in [6.07, 6.45) is 0.0164. The molecule has 0 heterocycles. The van der Waals surface area contributed by atoms with Crippen LogP contribution in [-0.2, 0) is 14.8 Å². The second-order valence-electron chi connectivity index (χ2n) is 6.59. The Labute approximate surface area is 177 Å². The van der Waals surface area contributed by atoms with Crippen LogP contribution in [-0.4, -0.2) is 54.1 Å². The number of nitrogens with zero attached hydrogens (tertiary/aromatic N) is 1. The number of sulfonamides is 1. The summed E-state index contributed by atoms with van der Waals surface area (Å²) in [5, 5.41) is 0. The number of methoxy groups -OCH3 is 3. The SMILES string of the molecule is COc1ccc(S(=O)(=O)NCCC(=O)N(C)C(C)c2ccccc2OC)cc1OC. The molecule has 30 heavy (non-hydrogen) atoms. The average molecular weight is 437 g/mol. The summed E-state index contributed by atoms with van der Waals surface area (Å²) in [6, 6.07) is 11.6. The van der Waals surface area contributed by atoms with Crippen molar-refractivity contribution in [2.24, 2.45) is 0 Å². The van der Waals surface area contributed by atoms with Crippen LogP contribution >= 0.6 is 0 Å². The molecule has 0 aliphatic carbocycles.